The maximum absolute atomic E-state index is 12.9. The monoisotopic (exact) mass is 455 g/mol. The van der Waals surface area contributed by atoms with Gasteiger partial charge < -0.3 is 20.1 Å². The van der Waals surface area contributed by atoms with Crippen LogP contribution in [0.1, 0.15) is 38.6 Å². The summed E-state index contributed by atoms with van der Waals surface area (Å²) in [6, 6.07) is 13.3. The predicted molar refractivity (Wildman–Crippen MR) is 125 cm³/mol. The number of hydrogen-bond acceptors (Lipinski definition) is 5. The predicted octanol–water partition coefficient (Wildman–Crippen LogP) is 3.77. The largest absolute Gasteiger partial charge is 0.494 e. The molecule has 2 aliphatic rings. The third-order valence-corrected chi connectivity index (χ3v) is 8.54. The lowest BCUT2D eigenvalue weighted by atomic mass is 9.92. The van der Waals surface area contributed by atoms with Crippen LogP contribution in [0.25, 0.3) is 22.2 Å². The number of β-amino-alcohol motifs (C(OH)–C–C–N with tert-alkyl or cyclic N) is 1. The van der Waals surface area contributed by atoms with Gasteiger partial charge in [-0.1, -0.05) is 12.1 Å². The first kappa shape index (κ1) is 21.3. The Balaban J connectivity index is 1.58. The van der Waals surface area contributed by atoms with Gasteiger partial charge in [-0.25, -0.2) is 8.42 Å². The third-order valence-electron chi connectivity index (χ3n) is 6.66. The summed E-state index contributed by atoms with van der Waals surface area (Å²) in [6.07, 6.45) is 3.26. The summed E-state index contributed by atoms with van der Waals surface area (Å²) in [5, 5.41) is 10.7. The maximum atomic E-state index is 12.9. The van der Waals surface area contributed by atoms with Crippen LogP contribution in [-0.4, -0.2) is 48.2 Å². The van der Waals surface area contributed by atoms with E-state index in [0.717, 1.165) is 40.8 Å². The summed E-state index contributed by atoms with van der Waals surface area (Å²) in [7, 11) is -3.62. The molecule has 5 rings (SSSR count). The van der Waals surface area contributed by atoms with Crippen molar-refractivity contribution in [3.05, 3.63) is 42.5 Å². The van der Waals surface area contributed by atoms with Gasteiger partial charge >= 0.3 is 0 Å². The van der Waals surface area contributed by atoms with Crippen molar-refractivity contribution in [1.82, 2.24) is 8.87 Å². The second kappa shape index (κ2) is 8.10. The SMILES string of the molecule is CCOc1ccc2c(N)c(-c3ccc(S(=O)(=O)N4CCC(O)C4)cc3)n(C3CCC3)c2c1. The number of hydrogen-bond donors (Lipinski definition) is 2. The smallest absolute Gasteiger partial charge is 0.243 e. The van der Waals surface area contributed by atoms with Crippen molar-refractivity contribution in [2.24, 2.45) is 0 Å². The lowest BCUT2D eigenvalue weighted by Gasteiger charge is -2.30. The van der Waals surface area contributed by atoms with E-state index in [2.05, 4.69) is 10.6 Å². The van der Waals surface area contributed by atoms with E-state index in [9.17, 15) is 13.5 Å². The van der Waals surface area contributed by atoms with Gasteiger partial charge in [0.05, 0.1) is 34.5 Å². The molecule has 8 heteroatoms. The van der Waals surface area contributed by atoms with Gasteiger partial charge in [0.25, 0.3) is 0 Å². The van der Waals surface area contributed by atoms with Crippen molar-refractivity contribution in [2.75, 3.05) is 25.4 Å². The molecule has 1 saturated heterocycles. The summed E-state index contributed by atoms with van der Waals surface area (Å²) in [5.74, 6) is 0.818. The Morgan fingerprint density at radius 1 is 1.12 bits per heavy atom. The summed E-state index contributed by atoms with van der Waals surface area (Å²) < 4.78 is 35.2. The molecule has 0 amide bonds. The van der Waals surface area contributed by atoms with Crippen LogP contribution in [-0.2, 0) is 10.0 Å². The van der Waals surface area contributed by atoms with E-state index < -0.39 is 16.1 Å². The molecule has 0 bridgehead atoms. The highest BCUT2D eigenvalue weighted by atomic mass is 32.2. The van der Waals surface area contributed by atoms with Gasteiger partial charge in [0.2, 0.25) is 10.0 Å². The fraction of sp³-hybridized carbons (Fsp3) is 0.417. The number of nitrogens with two attached hydrogens (primary N) is 1. The zero-order valence-electron chi connectivity index (χ0n) is 18.2. The normalized spacial score (nSPS) is 20.0. The van der Waals surface area contributed by atoms with Crippen molar-refractivity contribution in [3.8, 4) is 17.0 Å². The molecule has 0 radical (unpaired) electrons. The minimum Gasteiger partial charge on any atom is -0.494 e. The second-order valence-corrected chi connectivity index (χ2v) is 10.6. The van der Waals surface area contributed by atoms with Crippen molar-refractivity contribution in [1.29, 1.82) is 0 Å². The number of aliphatic hydroxyl groups excluding tert-OH is 1. The number of nitrogens with zero attached hydrogens (tertiary/aromatic N) is 2. The topological polar surface area (TPSA) is 97.8 Å². The summed E-state index contributed by atoms with van der Waals surface area (Å²) in [5.41, 5.74) is 10.2. The molecule has 1 saturated carbocycles. The molecular weight excluding hydrogens is 426 g/mol. The number of nitrogen functional groups attached to an aromatic ring is 1. The third kappa shape index (κ3) is 3.46. The van der Waals surface area contributed by atoms with Gasteiger partial charge in [-0.3, -0.25) is 0 Å². The molecule has 1 unspecified atom stereocenters. The van der Waals surface area contributed by atoms with E-state index >= 15 is 0 Å². The Labute approximate surface area is 188 Å². The van der Waals surface area contributed by atoms with Crippen LogP contribution in [0.2, 0.25) is 0 Å². The van der Waals surface area contributed by atoms with Crippen molar-refractivity contribution in [2.45, 2.75) is 49.6 Å². The van der Waals surface area contributed by atoms with Gasteiger partial charge in [-0.15, -0.1) is 0 Å². The first-order valence-corrected chi connectivity index (χ1v) is 12.7. The van der Waals surface area contributed by atoms with Gasteiger partial charge in [0.1, 0.15) is 5.75 Å². The van der Waals surface area contributed by atoms with Crippen LogP contribution in [0.4, 0.5) is 5.69 Å². The minimum atomic E-state index is -3.62. The zero-order chi connectivity index (χ0) is 22.5. The molecule has 0 spiro atoms. The Bertz CT molecular complexity index is 1250. The summed E-state index contributed by atoms with van der Waals surface area (Å²) in [6.45, 7) is 3.06. The van der Waals surface area contributed by atoms with E-state index in [1.54, 1.807) is 12.1 Å². The number of rotatable bonds is 6. The lowest BCUT2D eigenvalue weighted by molar-refractivity contribution is 0.189. The highest BCUT2D eigenvalue weighted by Crippen LogP contribution is 2.45. The number of benzene rings is 2. The number of sulfonamides is 1. The first-order valence-electron chi connectivity index (χ1n) is 11.2. The molecule has 2 fully saturated rings. The van der Waals surface area contributed by atoms with E-state index in [-0.39, 0.29) is 11.4 Å². The molecule has 1 atom stereocenters. The Hall–Kier alpha value is -2.55. The number of aromatic nitrogens is 1. The Kier molecular flexibility index (Phi) is 5.39. The van der Waals surface area contributed by atoms with Crippen LogP contribution >= 0.6 is 0 Å². The quantitative estimate of drug-likeness (QED) is 0.590. The molecule has 3 N–H and O–H groups in total. The number of aliphatic hydroxyl groups is 1. The van der Waals surface area contributed by atoms with E-state index in [1.807, 2.05) is 31.2 Å². The van der Waals surface area contributed by atoms with Crippen molar-refractivity contribution < 1.29 is 18.3 Å². The average Bonchev–Trinajstić information content (AvgIpc) is 3.30. The Morgan fingerprint density at radius 2 is 1.88 bits per heavy atom. The van der Waals surface area contributed by atoms with Crippen LogP contribution < -0.4 is 10.5 Å². The Morgan fingerprint density at radius 3 is 2.47 bits per heavy atom. The van der Waals surface area contributed by atoms with Gasteiger partial charge in [0.15, 0.2) is 0 Å². The first-order chi connectivity index (χ1) is 15.4. The van der Waals surface area contributed by atoms with Crippen molar-refractivity contribution >= 4 is 26.6 Å². The molecule has 32 heavy (non-hydrogen) atoms. The summed E-state index contributed by atoms with van der Waals surface area (Å²) in [4.78, 5) is 0.235. The molecule has 1 aromatic heterocycles. The van der Waals surface area contributed by atoms with Gasteiger partial charge in [-0.05, 0) is 56.9 Å². The molecule has 2 aromatic carbocycles. The molecule has 170 valence electrons. The van der Waals surface area contributed by atoms with Gasteiger partial charge in [0, 0.05) is 36.1 Å². The van der Waals surface area contributed by atoms with Crippen LogP contribution in [0.15, 0.2) is 47.4 Å². The van der Waals surface area contributed by atoms with E-state index in [1.165, 1.54) is 10.7 Å². The number of anilines is 1. The zero-order valence-corrected chi connectivity index (χ0v) is 19.0. The number of ether oxygens (including phenoxy) is 1. The molecule has 1 aliphatic carbocycles. The standard InChI is InChI=1S/C24H29N3O4S/c1-2-31-19-8-11-21-22(14-19)27(17-4-3-5-17)24(23(21)25)16-6-9-20(10-7-16)32(29,30)26-13-12-18(28)15-26/h6-11,14,17-18,28H,2-5,12-13,15,25H2,1H3. The number of fused-ring (bicyclic) bond motifs is 1. The second-order valence-electron chi connectivity index (χ2n) is 8.66. The molecule has 2 heterocycles. The minimum absolute atomic E-state index is 0.148. The lowest BCUT2D eigenvalue weighted by Crippen LogP contribution is -2.29. The molecular formula is C24H29N3O4S. The molecule has 7 nitrogen and oxygen atoms in total. The van der Waals surface area contributed by atoms with Crippen LogP contribution in [0.5, 0.6) is 5.75 Å². The summed E-state index contributed by atoms with van der Waals surface area (Å²) >= 11 is 0. The van der Waals surface area contributed by atoms with E-state index in [4.69, 9.17) is 10.5 Å². The highest BCUT2D eigenvalue weighted by Gasteiger charge is 2.32. The molecule has 3 aromatic rings. The van der Waals surface area contributed by atoms with Gasteiger partial charge in [-0.2, -0.15) is 4.31 Å². The maximum Gasteiger partial charge on any atom is 0.243 e. The van der Waals surface area contributed by atoms with E-state index in [0.29, 0.717) is 31.3 Å². The average molecular weight is 456 g/mol. The fourth-order valence-electron chi connectivity index (χ4n) is 4.75. The molecule has 1 aliphatic heterocycles. The fourth-order valence-corrected chi connectivity index (χ4v) is 6.25. The highest BCUT2D eigenvalue weighted by molar-refractivity contribution is 7.89. The van der Waals surface area contributed by atoms with Crippen molar-refractivity contribution in [3.63, 3.8) is 0 Å². The van der Waals surface area contributed by atoms with Crippen LogP contribution in [0, 0.1) is 0 Å². The van der Waals surface area contributed by atoms with Crippen LogP contribution in [0.3, 0.4) is 0 Å².